The molecule has 2 heterocycles. The van der Waals surface area contributed by atoms with E-state index in [0.29, 0.717) is 12.1 Å². The zero-order valence-electron chi connectivity index (χ0n) is 11.7. The van der Waals surface area contributed by atoms with Crippen LogP contribution in [0.5, 0.6) is 0 Å². The van der Waals surface area contributed by atoms with Crippen molar-refractivity contribution >= 4 is 17.1 Å². The standard InChI is InChI=1S/C13H15N5O4/c1-14-12(22)13-2-5(13)7(8(19)9(13)20)18-4-17-6-10(18)15-3-16-11(6)21/h3-5,7-9,19-20H,2H2,1H3,(H,14,22)(H,15,16,21)/t5-,7+,8-,9-,13+/m0/s1. The number of nitrogens with one attached hydrogen (secondary N) is 2. The molecule has 4 N–H and O–H groups in total. The van der Waals surface area contributed by atoms with Gasteiger partial charge in [0.2, 0.25) is 5.91 Å². The number of fused-ring (bicyclic) bond motifs is 2. The summed E-state index contributed by atoms with van der Waals surface area (Å²) in [5.41, 5.74) is -0.830. The zero-order chi connectivity index (χ0) is 15.6. The summed E-state index contributed by atoms with van der Waals surface area (Å²) < 4.78 is 1.58. The maximum Gasteiger partial charge on any atom is 0.278 e. The van der Waals surface area contributed by atoms with E-state index in [2.05, 4.69) is 20.3 Å². The number of rotatable bonds is 2. The van der Waals surface area contributed by atoms with Gasteiger partial charge in [0.15, 0.2) is 11.2 Å². The normalized spacial score (nSPS) is 36.3. The van der Waals surface area contributed by atoms with Crippen LogP contribution in [0.1, 0.15) is 12.5 Å². The van der Waals surface area contributed by atoms with Crippen LogP contribution in [0.3, 0.4) is 0 Å². The molecule has 2 saturated carbocycles. The number of carbonyl (C=O) groups is 1. The van der Waals surface area contributed by atoms with Gasteiger partial charge in [-0.25, -0.2) is 9.97 Å². The van der Waals surface area contributed by atoms with Gasteiger partial charge in [-0.2, -0.15) is 0 Å². The van der Waals surface area contributed by atoms with Crippen molar-refractivity contribution in [3.05, 3.63) is 23.0 Å². The van der Waals surface area contributed by atoms with E-state index in [-0.39, 0.29) is 22.9 Å². The molecule has 9 heteroatoms. The number of H-pyrrole nitrogens is 1. The molecular formula is C13H15N5O4. The summed E-state index contributed by atoms with van der Waals surface area (Å²) >= 11 is 0. The first-order valence-corrected chi connectivity index (χ1v) is 7.01. The Morgan fingerprint density at radius 2 is 2.27 bits per heavy atom. The molecule has 22 heavy (non-hydrogen) atoms. The summed E-state index contributed by atoms with van der Waals surface area (Å²) in [6, 6.07) is -0.536. The topological polar surface area (TPSA) is 133 Å². The number of imidazole rings is 1. The summed E-state index contributed by atoms with van der Waals surface area (Å²) in [7, 11) is 1.51. The zero-order valence-corrected chi connectivity index (χ0v) is 11.7. The number of hydrogen-bond acceptors (Lipinski definition) is 6. The second kappa shape index (κ2) is 4.14. The third kappa shape index (κ3) is 1.39. The predicted molar refractivity (Wildman–Crippen MR) is 73.8 cm³/mol. The molecule has 116 valence electrons. The molecule has 2 aromatic rings. The van der Waals surface area contributed by atoms with Crippen LogP contribution in [0.4, 0.5) is 0 Å². The number of carbonyl (C=O) groups excluding carboxylic acids is 1. The van der Waals surface area contributed by atoms with E-state index in [0.717, 1.165) is 0 Å². The Hall–Kier alpha value is -2.26. The summed E-state index contributed by atoms with van der Waals surface area (Å²) in [5, 5.41) is 23.2. The highest BCUT2D eigenvalue weighted by Gasteiger charge is 2.75. The average Bonchev–Trinajstić information content (AvgIpc) is 3.04. The minimum atomic E-state index is -1.15. The first-order chi connectivity index (χ1) is 10.5. The Bertz CT molecular complexity index is 829. The van der Waals surface area contributed by atoms with Gasteiger partial charge in [0.05, 0.1) is 30.2 Å². The molecule has 0 radical (unpaired) electrons. The Labute approximate surface area is 124 Å². The molecule has 2 fully saturated rings. The van der Waals surface area contributed by atoms with Gasteiger partial charge in [0.25, 0.3) is 5.56 Å². The second-order valence-electron chi connectivity index (χ2n) is 5.91. The van der Waals surface area contributed by atoms with E-state index in [4.69, 9.17) is 0 Å². The van der Waals surface area contributed by atoms with Crippen molar-refractivity contribution in [2.75, 3.05) is 7.05 Å². The number of nitrogens with zero attached hydrogens (tertiary/aromatic N) is 3. The SMILES string of the molecule is CNC(=O)[C@]12C[C@H]1[C@@H](n1cnc3c(=O)[nH]cnc31)[C@H](O)[C@@H]2O. The smallest absolute Gasteiger partial charge is 0.278 e. The fraction of sp³-hybridized carbons (Fsp3) is 0.538. The third-order valence-electron chi connectivity index (χ3n) is 5.01. The largest absolute Gasteiger partial charge is 0.389 e. The van der Waals surface area contributed by atoms with Gasteiger partial charge in [0, 0.05) is 13.0 Å². The van der Waals surface area contributed by atoms with Crippen molar-refractivity contribution in [3.63, 3.8) is 0 Å². The van der Waals surface area contributed by atoms with E-state index in [1.54, 1.807) is 4.57 Å². The molecule has 1 amide bonds. The van der Waals surface area contributed by atoms with Gasteiger partial charge in [-0.15, -0.1) is 0 Å². The van der Waals surface area contributed by atoms with E-state index in [1.807, 2.05) is 0 Å². The predicted octanol–water partition coefficient (Wildman–Crippen LogP) is -1.85. The molecule has 0 aliphatic heterocycles. The van der Waals surface area contributed by atoms with Crippen LogP contribution in [-0.4, -0.2) is 54.9 Å². The highest BCUT2D eigenvalue weighted by Crippen LogP contribution is 2.67. The van der Waals surface area contributed by atoms with Crippen LogP contribution >= 0.6 is 0 Å². The number of amides is 1. The quantitative estimate of drug-likeness (QED) is 0.515. The van der Waals surface area contributed by atoms with E-state index in [1.165, 1.54) is 19.7 Å². The maximum absolute atomic E-state index is 12.1. The highest BCUT2D eigenvalue weighted by atomic mass is 16.3. The molecule has 0 unspecified atom stereocenters. The third-order valence-corrected chi connectivity index (χ3v) is 5.01. The minimum absolute atomic E-state index is 0.169. The van der Waals surface area contributed by atoms with Gasteiger partial charge >= 0.3 is 0 Å². The van der Waals surface area contributed by atoms with Crippen LogP contribution in [0.2, 0.25) is 0 Å². The lowest BCUT2D eigenvalue weighted by atomic mass is 9.98. The monoisotopic (exact) mass is 305 g/mol. The number of aliphatic hydroxyl groups excluding tert-OH is 2. The van der Waals surface area contributed by atoms with Crippen molar-refractivity contribution < 1.29 is 15.0 Å². The van der Waals surface area contributed by atoms with Crippen LogP contribution in [0, 0.1) is 11.3 Å². The van der Waals surface area contributed by atoms with Crippen molar-refractivity contribution in [2.45, 2.75) is 24.7 Å². The van der Waals surface area contributed by atoms with Gasteiger partial charge < -0.3 is 25.1 Å². The van der Waals surface area contributed by atoms with Crippen molar-refractivity contribution in [1.82, 2.24) is 24.8 Å². The molecule has 0 aromatic carbocycles. The number of aromatic amines is 1. The average molecular weight is 305 g/mol. The molecule has 9 nitrogen and oxygen atoms in total. The highest BCUT2D eigenvalue weighted by molar-refractivity contribution is 5.87. The molecule has 0 saturated heterocycles. The summed E-state index contributed by atoms with van der Waals surface area (Å²) in [6.07, 6.45) is 0.903. The van der Waals surface area contributed by atoms with Crippen LogP contribution in [0.15, 0.2) is 17.4 Å². The van der Waals surface area contributed by atoms with Crippen LogP contribution in [0.25, 0.3) is 11.2 Å². The Kier molecular flexibility index (Phi) is 2.52. The molecule has 0 bridgehead atoms. The van der Waals surface area contributed by atoms with E-state index >= 15 is 0 Å². The molecule has 5 atom stereocenters. The number of aliphatic hydroxyl groups is 2. The first-order valence-electron chi connectivity index (χ1n) is 7.01. The summed E-state index contributed by atoms with van der Waals surface area (Å²) in [5.74, 6) is -0.488. The Morgan fingerprint density at radius 1 is 1.50 bits per heavy atom. The molecule has 2 aliphatic rings. The molecule has 0 spiro atoms. The summed E-state index contributed by atoms with van der Waals surface area (Å²) in [4.78, 5) is 34.4. The van der Waals surface area contributed by atoms with Gasteiger partial charge in [-0.05, 0) is 6.42 Å². The number of aromatic nitrogens is 4. The molecule has 2 aromatic heterocycles. The van der Waals surface area contributed by atoms with Crippen LogP contribution < -0.4 is 10.9 Å². The van der Waals surface area contributed by atoms with Gasteiger partial charge in [-0.1, -0.05) is 0 Å². The second-order valence-corrected chi connectivity index (χ2v) is 5.91. The van der Waals surface area contributed by atoms with E-state index in [9.17, 15) is 19.8 Å². The van der Waals surface area contributed by atoms with Gasteiger partial charge in [0.1, 0.15) is 6.10 Å². The Morgan fingerprint density at radius 3 is 3.00 bits per heavy atom. The fourth-order valence-electron chi connectivity index (χ4n) is 3.87. The first kappa shape index (κ1) is 13.4. The van der Waals surface area contributed by atoms with E-state index < -0.39 is 23.7 Å². The van der Waals surface area contributed by atoms with Gasteiger partial charge in [-0.3, -0.25) is 9.59 Å². The molecule has 4 rings (SSSR count). The van der Waals surface area contributed by atoms with Crippen LogP contribution in [-0.2, 0) is 4.79 Å². The lowest BCUT2D eigenvalue weighted by molar-refractivity contribution is -0.132. The molecular weight excluding hydrogens is 290 g/mol. The number of hydrogen-bond donors (Lipinski definition) is 4. The van der Waals surface area contributed by atoms with Crippen molar-refractivity contribution in [3.8, 4) is 0 Å². The fourth-order valence-corrected chi connectivity index (χ4v) is 3.87. The molecule has 2 aliphatic carbocycles. The lowest BCUT2D eigenvalue weighted by Crippen LogP contribution is -2.41. The summed E-state index contributed by atoms with van der Waals surface area (Å²) in [6.45, 7) is 0. The van der Waals surface area contributed by atoms with Crippen molar-refractivity contribution in [1.29, 1.82) is 0 Å². The minimum Gasteiger partial charge on any atom is -0.389 e. The Balaban J connectivity index is 1.82. The maximum atomic E-state index is 12.1. The van der Waals surface area contributed by atoms with Crippen molar-refractivity contribution in [2.24, 2.45) is 11.3 Å². The lowest BCUT2D eigenvalue weighted by Gasteiger charge is -2.23.